The van der Waals surface area contributed by atoms with Crippen LogP contribution in [0, 0.1) is 11.8 Å². The van der Waals surface area contributed by atoms with Crippen molar-refractivity contribution in [1.29, 1.82) is 0 Å². The molecule has 2 fully saturated rings. The van der Waals surface area contributed by atoms with Crippen molar-refractivity contribution in [2.24, 2.45) is 17.6 Å². The van der Waals surface area contributed by atoms with Crippen molar-refractivity contribution in [3.63, 3.8) is 0 Å². The van der Waals surface area contributed by atoms with Crippen LogP contribution < -0.4 is 11.1 Å². The lowest BCUT2D eigenvalue weighted by atomic mass is 9.96. The van der Waals surface area contributed by atoms with E-state index in [2.05, 4.69) is 10.2 Å². The predicted octanol–water partition coefficient (Wildman–Crippen LogP) is 1.44. The Labute approximate surface area is 106 Å². The number of rotatable bonds is 6. The lowest BCUT2D eigenvalue weighted by Gasteiger charge is -2.31. The number of likely N-dealkylation sites (tertiary alicyclic amines) is 1. The van der Waals surface area contributed by atoms with E-state index in [1.807, 2.05) is 0 Å². The first-order valence-corrected chi connectivity index (χ1v) is 7.51. The molecule has 1 aliphatic carbocycles. The third-order valence-electron chi connectivity index (χ3n) is 4.49. The zero-order valence-electron chi connectivity index (χ0n) is 11.2. The Morgan fingerprint density at radius 3 is 2.12 bits per heavy atom. The molecule has 0 unspecified atom stereocenters. The predicted molar refractivity (Wildman–Crippen MR) is 73.0 cm³/mol. The van der Waals surface area contributed by atoms with Crippen LogP contribution in [-0.2, 0) is 0 Å². The first kappa shape index (κ1) is 13.3. The minimum atomic E-state index is 0.810. The van der Waals surface area contributed by atoms with E-state index < -0.39 is 0 Å². The Kier molecular flexibility index (Phi) is 5.75. The summed E-state index contributed by atoms with van der Waals surface area (Å²) in [5.74, 6) is 1.89. The number of nitrogens with two attached hydrogens (primary N) is 1. The van der Waals surface area contributed by atoms with Gasteiger partial charge in [-0.05, 0) is 63.7 Å². The Balaban J connectivity index is 1.52. The molecule has 3 heteroatoms. The average molecular weight is 239 g/mol. The molecule has 0 spiro atoms. The molecule has 0 atom stereocenters. The third kappa shape index (κ3) is 4.57. The van der Waals surface area contributed by atoms with Crippen molar-refractivity contribution in [3.8, 4) is 0 Å². The first-order valence-electron chi connectivity index (χ1n) is 7.51. The first-order chi connectivity index (χ1) is 8.38. The minimum Gasteiger partial charge on any atom is -0.329 e. The normalized spacial score (nSPS) is 24.5. The fraction of sp³-hybridized carbons (Fsp3) is 1.00. The van der Waals surface area contributed by atoms with Crippen LogP contribution in [0.15, 0.2) is 0 Å². The van der Waals surface area contributed by atoms with E-state index in [0.29, 0.717) is 0 Å². The highest BCUT2D eigenvalue weighted by Gasteiger charge is 2.19. The zero-order valence-corrected chi connectivity index (χ0v) is 11.2. The molecule has 0 bridgehead atoms. The maximum atomic E-state index is 5.59. The summed E-state index contributed by atoms with van der Waals surface area (Å²) in [6, 6.07) is 0. The number of hydrogen-bond acceptors (Lipinski definition) is 3. The van der Waals surface area contributed by atoms with E-state index in [0.717, 1.165) is 24.9 Å². The van der Waals surface area contributed by atoms with Crippen molar-refractivity contribution in [3.05, 3.63) is 0 Å². The summed E-state index contributed by atoms with van der Waals surface area (Å²) in [4.78, 5) is 2.51. The molecule has 0 amide bonds. The number of hydrogen-bond donors (Lipinski definition) is 2. The zero-order chi connectivity index (χ0) is 11.9. The van der Waals surface area contributed by atoms with E-state index in [1.165, 1.54) is 64.7 Å². The van der Waals surface area contributed by atoms with E-state index in [9.17, 15) is 0 Å². The van der Waals surface area contributed by atoms with E-state index in [-0.39, 0.29) is 0 Å². The maximum Gasteiger partial charge on any atom is 0.0105 e. The molecule has 3 N–H and O–H groups in total. The monoisotopic (exact) mass is 239 g/mol. The number of nitrogens with zero attached hydrogens (tertiary/aromatic N) is 1. The Hall–Kier alpha value is -0.120. The van der Waals surface area contributed by atoms with Crippen molar-refractivity contribution >= 4 is 0 Å². The van der Waals surface area contributed by atoms with Crippen LogP contribution >= 0.6 is 0 Å². The SMILES string of the molecule is NCCN1CCC(CNCC2CCCC2)CC1. The molecular weight excluding hydrogens is 210 g/mol. The van der Waals surface area contributed by atoms with Gasteiger partial charge in [-0.25, -0.2) is 0 Å². The van der Waals surface area contributed by atoms with Gasteiger partial charge in [0.2, 0.25) is 0 Å². The minimum absolute atomic E-state index is 0.810. The molecule has 0 aromatic carbocycles. The van der Waals surface area contributed by atoms with Gasteiger partial charge in [-0.1, -0.05) is 12.8 Å². The molecule has 100 valence electrons. The highest BCUT2D eigenvalue weighted by atomic mass is 15.1. The summed E-state index contributed by atoms with van der Waals surface area (Å²) in [6.45, 7) is 6.92. The van der Waals surface area contributed by atoms with Gasteiger partial charge in [0.05, 0.1) is 0 Å². The average Bonchev–Trinajstić information content (AvgIpc) is 2.85. The summed E-state index contributed by atoms with van der Waals surface area (Å²) < 4.78 is 0. The summed E-state index contributed by atoms with van der Waals surface area (Å²) >= 11 is 0. The van der Waals surface area contributed by atoms with Gasteiger partial charge in [0, 0.05) is 13.1 Å². The number of piperidine rings is 1. The smallest absolute Gasteiger partial charge is 0.0105 e. The molecule has 2 aliphatic rings. The molecule has 3 nitrogen and oxygen atoms in total. The quantitative estimate of drug-likeness (QED) is 0.737. The highest BCUT2D eigenvalue weighted by Crippen LogP contribution is 2.24. The Morgan fingerprint density at radius 1 is 0.941 bits per heavy atom. The third-order valence-corrected chi connectivity index (χ3v) is 4.49. The number of nitrogens with one attached hydrogen (secondary N) is 1. The van der Waals surface area contributed by atoms with Gasteiger partial charge in [0.1, 0.15) is 0 Å². The molecule has 0 aromatic rings. The van der Waals surface area contributed by atoms with Crippen LogP contribution in [0.1, 0.15) is 38.5 Å². The van der Waals surface area contributed by atoms with E-state index >= 15 is 0 Å². The van der Waals surface area contributed by atoms with Gasteiger partial charge < -0.3 is 16.0 Å². The fourth-order valence-corrected chi connectivity index (χ4v) is 3.30. The van der Waals surface area contributed by atoms with Gasteiger partial charge in [-0.15, -0.1) is 0 Å². The van der Waals surface area contributed by atoms with E-state index in [4.69, 9.17) is 5.73 Å². The van der Waals surface area contributed by atoms with E-state index in [1.54, 1.807) is 0 Å². The van der Waals surface area contributed by atoms with Crippen molar-refractivity contribution in [2.75, 3.05) is 39.3 Å². The van der Waals surface area contributed by atoms with Crippen molar-refractivity contribution in [1.82, 2.24) is 10.2 Å². The summed E-state index contributed by atoms with van der Waals surface area (Å²) in [6.07, 6.45) is 8.56. The van der Waals surface area contributed by atoms with Gasteiger partial charge >= 0.3 is 0 Å². The van der Waals surface area contributed by atoms with Crippen LogP contribution in [0.5, 0.6) is 0 Å². The molecular formula is C14H29N3. The van der Waals surface area contributed by atoms with Crippen LogP contribution in [-0.4, -0.2) is 44.2 Å². The molecule has 0 radical (unpaired) electrons. The van der Waals surface area contributed by atoms with Gasteiger partial charge in [0.25, 0.3) is 0 Å². The summed E-state index contributed by atoms with van der Waals surface area (Å²) in [5.41, 5.74) is 5.59. The molecule has 1 saturated carbocycles. The molecule has 1 heterocycles. The lowest BCUT2D eigenvalue weighted by molar-refractivity contribution is 0.185. The highest BCUT2D eigenvalue weighted by molar-refractivity contribution is 4.75. The van der Waals surface area contributed by atoms with Gasteiger partial charge in [-0.2, -0.15) is 0 Å². The maximum absolute atomic E-state index is 5.59. The summed E-state index contributed by atoms with van der Waals surface area (Å²) in [5, 5.41) is 3.70. The standard InChI is InChI=1S/C14H29N3/c15-7-10-17-8-5-14(6-9-17)12-16-11-13-3-1-2-4-13/h13-14,16H,1-12,15H2. The van der Waals surface area contributed by atoms with Gasteiger partial charge in [0.15, 0.2) is 0 Å². The largest absolute Gasteiger partial charge is 0.329 e. The second kappa shape index (κ2) is 7.34. The second-order valence-corrected chi connectivity index (χ2v) is 5.88. The topological polar surface area (TPSA) is 41.3 Å². The Bertz CT molecular complexity index is 194. The fourth-order valence-electron chi connectivity index (χ4n) is 3.30. The Morgan fingerprint density at radius 2 is 1.53 bits per heavy atom. The van der Waals surface area contributed by atoms with Gasteiger partial charge in [-0.3, -0.25) is 0 Å². The van der Waals surface area contributed by atoms with Crippen LogP contribution in [0.25, 0.3) is 0 Å². The van der Waals surface area contributed by atoms with Crippen molar-refractivity contribution < 1.29 is 0 Å². The van der Waals surface area contributed by atoms with Crippen LogP contribution in [0.2, 0.25) is 0 Å². The summed E-state index contributed by atoms with van der Waals surface area (Å²) in [7, 11) is 0. The molecule has 1 saturated heterocycles. The van der Waals surface area contributed by atoms with Crippen LogP contribution in [0.3, 0.4) is 0 Å². The lowest BCUT2D eigenvalue weighted by Crippen LogP contribution is -2.40. The molecule has 17 heavy (non-hydrogen) atoms. The molecule has 2 rings (SSSR count). The molecule has 1 aliphatic heterocycles. The second-order valence-electron chi connectivity index (χ2n) is 5.88. The molecule has 0 aromatic heterocycles. The van der Waals surface area contributed by atoms with Crippen LogP contribution in [0.4, 0.5) is 0 Å². The van der Waals surface area contributed by atoms with Crippen molar-refractivity contribution in [2.45, 2.75) is 38.5 Å².